The first-order chi connectivity index (χ1) is 15.0. The summed E-state index contributed by atoms with van der Waals surface area (Å²) in [6.07, 6.45) is 1.48. The van der Waals surface area contributed by atoms with Crippen LogP contribution >= 0.6 is 15.9 Å². The van der Waals surface area contributed by atoms with Gasteiger partial charge in [0, 0.05) is 29.4 Å². The van der Waals surface area contributed by atoms with Gasteiger partial charge in [-0.2, -0.15) is 0 Å². The number of hydrogen-bond acceptors (Lipinski definition) is 5. The molecule has 1 amide bonds. The number of ether oxygens (including phenoxy) is 1. The topological polar surface area (TPSA) is 86.3 Å². The normalized spacial score (nSPS) is 14.1. The van der Waals surface area contributed by atoms with Crippen molar-refractivity contribution in [1.82, 2.24) is 19.4 Å². The molecule has 1 aliphatic rings. The minimum absolute atomic E-state index is 0.169. The zero-order valence-electron chi connectivity index (χ0n) is 17.1. The average Bonchev–Trinajstić information content (AvgIpc) is 3.33. The van der Waals surface area contributed by atoms with E-state index in [1.165, 1.54) is 0 Å². The van der Waals surface area contributed by atoms with Crippen molar-refractivity contribution in [2.24, 2.45) is 0 Å². The number of aromatic nitrogens is 3. The number of carbonyl (C=O) groups excluding carboxylic acids is 1. The predicted molar refractivity (Wildman–Crippen MR) is 124 cm³/mol. The number of likely N-dealkylation sites (tertiary alicyclic amines) is 1. The van der Waals surface area contributed by atoms with Crippen LogP contribution in [0.5, 0.6) is 5.75 Å². The number of fused-ring (bicyclic) bond motifs is 3. The van der Waals surface area contributed by atoms with Gasteiger partial charge < -0.3 is 19.9 Å². The zero-order chi connectivity index (χ0) is 21.5. The molecular weight excluding hydrogens is 458 g/mol. The molecule has 1 saturated heterocycles. The monoisotopic (exact) mass is 479 g/mol. The largest absolute Gasteiger partial charge is 0.497 e. The van der Waals surface area contributed by atoms with Gasteiger partial charge in [-0.05, 0) is 42.3 Å². The Balaban J connectivity index is 1.70. The highest BCUT2D eigenvalue weighted by Gasteiger charge is 2.24. The maximum absolute atomic E-state index is 12.3. The number of anilines is 1. The minimum atomic E-state index is 0.169. The lowest BCUT2D eigenvalue weighted by Crippen LogP contribution is -2.26. The van der Waals surface area contributed by atoms with Crippen molar-refractivity contribution in [1.29, 1.82) is 0 Å². The van der Waals surface area contributed by atoms with Gasteiger partial charge in [-0.3, -0.25) is 4.79 Å². The number of benzene rings is 2. The van der Waals surface area contributed by atoms with Gasteiger partial charge in [0.15, 0.2) is 5.82 Å². The van der Waals surface area contributed by atoms with Crippen molar-refractivity contribution in [3.05, 3.63) is 58.3 Å². The third-order valence-corrected chi connectivity index (χ3v) is 6.24. The number of pyridine rings is 1. The number of methoxy groups -OCH3 is 1. The summed E-state index contributed by atoms with van der Waals surface area (Å²) < 4.78 is 8.39. The molecular formula is C23H22BrN5O2. The second-order valence-electron chi connectivity index (χ2n) is 7.74. The van der Waals surface area contributed by atoms with Crippen LogP contribution in [-0.4, -0.2) is 39.0 Å². The molecule has 0 spiro atoms. The number of hydrogen-bond donors (Lipinski definition) is 1. The van der Waals surface area contributed by atoms with E-state index in [4.69, 9.17) is 15.5 Å². The molecule has 1 fully saturated rings. The van der Waals surface area contributed by atoms with Crippen molar-refractivity contribution < 1.29 is 9.53 Å². The van der Waals surface area contributed by atoms with Crippen LogP contribution in [0.1, 0.15) is 24.2 Å². The molecule has 2 N–H and O–H groups in total. The molecule has 158 valence electrons. The average molecular weight is 480 g/mol. The number of imidazole rings is 1. The molecule has 0 saturated carbocycles. The maximum atomic E-state index is 12.3. The Morgan fingerprint density at radius 3 is 2.65 bits per heavy atom. The van der Waals surface area contributed by atoms with Crippen LogP contribution in [0.25, 0.3) is 21.9 Å². The number of amides is 1. The van der Waals surface area contributed by atoms with Gasteiger partial charge in [0.05, 0.1) is 24.7 Å². The van der Waals surface area contributed by atoms with Crippen molar-refractivity contribution in [3.8, 4) is 5.75 Å². The Morgan fingerprint density at radius 1 is 1.13 bits per heavy atom. The lowest BCUT2D eigenvalue weighted by Gasteiger charge is -2.17. The van der Waals surface area contributed by atoms with Gasteiger partial charge >= 0.3 is 0 Å². The van der Waals surface area contributed by atoms with Gasteiger partial charge in [-0.25, -0.2) is 9.97 Å². The van der Waals surface area contributed by atoms with E-state index in [-0.39, 0.29) is 5.91 Å². The van der Waals surface area contributed by atoms with E-state index in [0.29, 0.717) is 30.8 Å². The lowest BCUT2D eigenvalue weighted by atomic mass is 10.1. The summed E-state index contributed by atoms with van der Waals surface area (Å²) in [4.78, 5) is 23.6. The summed E-state index contributed by atoms with van der Waals surface area (Å²) in [6.45, 7) is 1.82. The first-order valence-corrected chi connectivity index (χ1v) is 11.0. The third kappa shape index (κ3) is 3.61. The molecule has 8 heteroatoms. The van der Waals surface area contributed by atoms with E-state index in [1.807, 2.05) is 47.4 Å². The van der Waals surface area contributed by atoms with Gasteiger partial charge in [0.25, 0.3) is 0 Å². The van der Waals surface area contributed by atoms with Crippen LogP contribution in [0.3, 0.4) is 0 Å². The Morgan fingerprint density at radius 2 is 1.94 bits per heavy atom. The summed E-state index contributed by atoms with van der Waals surface area (Å²) in [5, 5.41) is 0.979. The molecule has 2 aromatic heterocycles. The molecule has 4 aromatic rings. The van der Waals surface area contributed by atoms with Crippen LogP contribution in [0.15, 0.2) is 46.9 Å². The molecule has 0 atom stereocenters. The first-order valence-electron chi connectivity index (χ1n) is 10.2. The molecule has 0 aliphatic carbocycles. The SMILES string of the molecule is COc1ccc(Cn2c(CN3CCCC3=O)nc3c(N)nc4cc(Br)ccc4c32)cc1. The molecule has 1 aliphatic heterocycles. The summed E-state index contributed by atoms with van der Waals surface area (Å²) in [5.41, 5.74) is 9.84. The molecule has 2 aromatic carbocycles. The number of nitrogens with two attached hydrogens (primary N) is 1. The molecule has 7 nitrogen and oxygen atoms in total. The van der Waals surface area contributed by atoms with Crippen molar-refractivity contribution in [2.45, 2.75) is 25.9 Å². The van der Waals surface area contributed by atoms with E-state index in [9.17, 15) is 4.79 Å². The second kappa shape index (κ2) is 7.85. The Hall–Kier alpha value is -3.13. The van der Waals surface area contributed by atoms with Crippen molar-refractivity contribution >= 4 is 49.6 Å². The molecule has 5 rings (SSSR count). The van der Waals surface area contributed by atoms with E-state index in [1.54, 1.807) is 7.11 Å². The molecule has 3 heterocycles. The van der Waals surface area contributed by atoms with E-state index in [2.05, 4.69) is 25.5 Å². The Bertz CT molecular complexity index is 1300. The van der Waals surface area contributed by atoms with Crippen LogP contribution in [0.4, 0.5) is 5.82 Å². The van der Waals surface area contributed by atoms with Crippen molar-refractivity contribution in [2.75, 3.05) is 19.4 Å². The van der Waals surface area contributed by atoms with Gasteiger partial charge in [-0.1, -0.05) is 28.1 Å². The van der Waals surface area contributed by atoms with Crippen LogP contribution in [0, 0.1) is 0 Å². The number of carbonyl (C=O) groups is 1. The van der Waals surface area contributed by atoms with Crippen LogP contribution in [0.2, 0.25) is 0 Å². The van der Waals surface area contributed by atoms with Crippen LogP contribution in [-0.2, 0) is 17.9 Å². The zero-order valence-corrected chi connectivity index (χ0v) is 18.7. The molecule has 0 bridgehead atoms. The lowest BCUT2D eigenvalue weighted by molar-refractivity contribution is -0.128. The third-order valence-electron chi connectivity index (χ3n) is 5.75. The fourth-order valence-corrected chi connectivity index (χ4v) is 4.53. The Kier molecular flexibility index (Phi) is 5.02. The molecule has 0 unspecified atom stereocenters. The number of halogens is 1. The van der Waals surface area contributed by atoms with E-state index < -0.39 is 0 Å². The fourth-order valence-electron chi connectivity index (χ4n) is 4.18. The Labute approximate surface area is 188 Å². The number of rotatable bonds is 5. The van der Waals surface area contributed by atoms with E-state index in [0.717, 1.165) is 51.0 Å². The van der Waals surface area contributed by atoms with Gasteiger partial charge in [-0.15, -0.1) is 0 Å². The van der Waals surface area contributed by atoms with E-state index >= 15 is 0 Å². The first kappa shape index (κ1) is 19.8. The second-order valence-corrected chi connectivity index (χ2v) is 8.65. The quantitative estimate of drug-likeness (QED) is 0.465. The summed E-state index contributed by atoms with van der Waals surface area (Å²) in [7, 11) is 1.66. The predicted octanol–water partition coefficient (Wildman–Crippen LogP) is 4.11. The van der Waals surface area contributed by atoms with Crippen molar-refractivity contribution in [3.63, 3.8) is 0 Å². The highest BCUT2D eigenvalue weighted by molar-refractivity contribution is 9.10. The fraction of sp³-hybridized carbons (Fsp3) is 0.261. The molecule has 0 radical (unpaired) electrons. The van der Waals surface area contributed by atoms with Crippen LogP contribution < -0.4 is 10.5 Å². The van der Waals surface area contributed by atoms with Gasteiger partial charge in [0.2, 0.25) is 5.91 Å². The summed E-state index contributed by atoms with van der Waals surface area (Å²) in [6, 6.07) is 14.0. The summed E-state index contributed by atoms with van der Waals surface area (Å²) in [5.74, 6) is 2.18. The number of nitrogens with zero attached hydrogens (tertiary/aromatic N) is 4. The summed E-state index contributed by atoms with van der Waals surface area (Å²) >= 11 is 3.52. The van der Waals surface area contributed by atoms with Gasteiger partial charge in [0.1, 0.15) is 17.1 Å². The highest BCUT2D eigenvalue weighted by Crippen LogP contribution is 2.32. The molecule has 31 heavy (non-hydrogen) atoms. The maximum Gasteiger partial charge on any atom is 0.223 e. The highest BCUT2D eigenvalue weighted by atomic mass is 79.9. The smallest absolute Gasteiger partial charge is 0.223 e. The number of nitrogen functional groups attached to an aromatic ring is 1. The minimum Gasteiger partial charge on any atom is -0.497 e. The standard InChI is InChI=1S/C23H22BrN5O2/c1-31-16-7-4-14(5-8-16)12-29-19(13-28-10-2-3-20(28)30)27-21-22(29)17-9-6-15(24)11-18(17)26-23(21)25/h4-9,11H,2-3,10,12-13H2,1H3,(H2,25,26).